The van der Waals surface area contributed by atoms with Crippen LogP contribution >= 0.6 is 0 Å². The molecule has 6 nitrogen and oxygen atoms in total. The first kappa shape index (κ1) is 21.0. The molecule has 4 rings (SSSR count). The molecule has 4 heterocycles. The SMILES string of the molecule is CCC1OC(CCC2OC3OC(C)(C)OC3C3OC(C)(C)OC23)CC(C)C1C. The Bertz CT molecular complexity index is 563. The summed E-state index contributed by atoms with van der Waals surface area (Å²) in [5, 5.41) is 0. The zero-order valence-electron chi connectivity index (χ0n) is 18.5. The number of hydrogen-bond acceptors (Lipinski definition) is 6. The van der Waals surface area contributed by atoms with E-state index in [0.29, 0.717) is 17.9 Å². The molecule has 6 heteroatoms. The molecule has 4 fully saturated rings. The largest absolute Gasteiger partial charge is 0.375 e. The zero-order valence-corrected chi connectivity index (χ0v) is 18.5. The van der Waals surface area contributed by atoms with Crippen molar-refractivity contribution in [3.05, 3.63) is 0 Å². The number of rotatable bonds is 4. The summed E-state index contributed by atoms with van der Waals surface area (Å²) in [6.45, 7) is 14.6. The molecule has 9 unspecified atom stereocenters. The molecule has 4 saturated heterocycles. The summed E-state index contributed by atoms with van der Waals surface area (Å²) in [7, 11) is 0. The van der Waals surface area contributed by atoms with Gasteiger partial charge in [0.05, 0.1) is 18.3 Å². The topological polar surface area (TPSA) is 55.4 Å². The van der Waals surface area contributed by atoms with E-state index in [1.54, 1.807) is 0 Å². The monoisotopic (exact) mass is 398 g/mol. The van der Waals surface area contributed by atoms with E-state index < -0.39 is 17.9 Å². The van der Waals surface area contributed by atoms with E-state index in [2.05, 4.69) is 20.8 Å². The second-order valence-electron chi connectivity index (χ2n) is 10.1. The molecule has 162 valence electrons. The average molecular weight is 399 g/mol. The molecule has 0 aromatic carbocycles. The molecule has 4 aliphatic rings. The Kier molecular flexibility index (Phi) is 5.60. The van der Waals surface area contributed by atoms with Crippen LogP contribution in [-0.2, 0) is 28.4 Å². The summed E-state index contributed by atoms with van der Waals surface area (Å²) >= 11 is 0. The third-order valence-electron chi connectivity index (χ3n) is 6.91. The van der Waals surface area contributed by atoms with Crippen LogP contribution in [0, 0.1) is 11.8 Å². The van der Waals surface area contributed by atoms with Crippen LogP contribution in [-0.4, -0.2) is 54.5 Å². The van der Waals surface area contributed by atoms with Crippen molar-refractivity contribution in [3.63, 3.8) is 0 Å². The summed E-state index contributed by atoms with van der Waals surface area (Å²) < 4.78 is 37.3. The van der Waals surface area contributed by atoms with Crippen LogP contribution in [0.1, 0.15) is 74.1 Å². The van der Waals surface area contributed by atoms with Gasteiger partial charge in [-0.05, 0) is 65.2 Å². The molecule has 0 bridgehead atoms. The van der Waals surface area contributed by atoms with Gasteiger partial charge in [-0.1, -0.05) is 20.8 Å². The first-order chi connectivity index (χ1) is 13.1. The molecule has 0 radical (unpaired) electrons. The van der Waals surface area contributed by atoms with E-state index in [1.165, 1.54) is 0 Å². The summed E-state index contributed by atoms with van der Waals surface area (Å²) in [6, 6.07) is 0. The molecule has 0 aromatic heterocycles. The Labute approximate surface area is 169 Å². The summed E-state index contributed by atoms with van der Waals surface area (Å²) in [6.07, 6.45) is 3.60. The van der Waals surface area contributed by atoms with Crippen LogP contribution in [0.2, 0.25) is 0 Å². The lowest BCUT2D eigenvalue weighted by Gasteiger charge is -2.41. The normalized spacial score (nSPS) is 49.6. The fourth-order valence-electron chi connectivity index (χ4n) is 5.35. The van der Waals surface area contributed by atoms with Crippen LogP contribution in [0.25, 0.3) is 0 Å². The fourth-order valence-corrected chi connectivity index (χ4v) is 5.35. The minimum atomic E-state index is -0.669. The number of hydrogen-bond donors (Lipinski definition) is 0. The van der Waals surface area contributed by atoms with E-state index in [0.717, 1.165) is 25.7 Å². The molecule has 0 N–H and O–H groups in total. The summed E-state index contributed by atoms with van der Waals surface area (Å²) in [5.41, 5.74) is 0. The predicted octanol–water partition coefficient (Wildman–Crippen LogP) is 4.00. The first-order valence-corrected chi connectivity index (χ1v) is 11.1. The highest BCUT2D eigenvalue weighted by Crippen LogP contribution is 2.45. The van der Waals surface area contributed by atoms with Gasteiger partial charge in [-0.2, -0.15) is 0 Å². The van der Waals surface area contributed by atoms with Gasteiger partial charge < -0.3 is 28.4 Å². The molecule has 28 heavy (non-hydrogen) atoms. The van der Waals surface area contributed by atoms with Gasteiger partial charge in [-0.25, -0.2) is 0 Å². The van der Waals surface area contributed by atoms with Gasteiger partial charge in [-0.15, -0.1) is 0 Å². The maximum atomic E-state index is 6.40. The molecular formula is C22H38O6. The van der Waals surface area contributed by atoms with Gasteiger partial charge in [-0.3, -0.25) is 0 Å². The van der Waals surface area contributed by atoms with Crippen molar-refractivity contribution in [1.82, 2.24) is 0 Å². The van der Waals surface area contributed by atoms with E-state index in [-0.39, 0.29) is 30.5 Å². The second kappa shape index (κ2) is 7.47. The highest BCUT2D eigenvalue weighted by Gasteiger charge is 2.60. The molecule has 0 saturated carbocycles. The maximum Gasteiger partial charge on any atom is 0.190 e. The van der Waals surface area contributed by atoms with Crippen molar-refractivity contribution >= 4 is 0 Å². The van der Waals surface area contributed by atoms with Crippen LogP contribution in [0.3, 0.4) is 0 Å². The third kappa shape index (κ3) is 4.01. The lowest BCUT2D eigenvalue weighted by atomic mass is 9.81. The fraction of sp³-hybridized carbons (Fsp3) is 1.00. The predicted molar refractivity (Wildman–Crippen MR) is 104 cm³/mol. The van der Waals surface area contributed by atoms with Gasteiger partial charge in [0.2, 0.25) is 0 Å². The van der Waals surface area contributed by atoms with E-state index in [1.807, 2.05) is 27.7 Å². The molecule has 0 aliphatic carbocycles. The second-order valence-corrected chi connectivity index (χ2v) is 10.1. The molecule has 9 atom stereocenters. The Balaban J connectivity index is 1.43. The quantitative estimate of drug-likeness (QED) is 0.713. The molecule has 0 aromatic rings. The van der Waals surface area contributed by atoms with E-state index in [9.17, 15) is 0 Å². The Morgan fingerprint density at radius 2 is 1.39 bits per heavy atom. The zero-order chi connectivity index (χ0) is 20.3. The highest BCUT2D eigenvalue weighted by molar-refractivity contribution is 5.00. The Morgan fingerprint density at radius 3 is 2.11 bits per heavy atom. The van der Waals surface area contributed by atoms with Crippen molar-refractivity contribution in [1.29, 1.82) is 0 Å². The minimum absolute atomic E-state index is 0.0798. The van der Waals surface area contributed by atoms with Crippen LogP contribution < -0.4 is 0 Å². The molecular weight excluding hydrogens is 360 g/mol. The lowest BCUT2D eigenvalue weighted by Crippen LogP contribution is -2.55. The third-order valence-corrected chi connectivity index (χ3v) is 6.91. The van der Waals surface area contributed by atoms with Gasteiger partial charge in [0.25, 0.3) is 0 Å². The molecule has 4 aliphatic heterocycles. The first-order valence-electron chi connectivity index (χ1n) is 11.1. The maximum absolute atomic E-state index is 6.40. The Hall–Kier alpha value is -0.240. The summed E-state index contributed by atoms with van der Waals surface area (Å²) in [4.78, 5) is 0. The smallest absolute Gasteiger partial charge is 0.190 e. The highest BCUT2D eigenvalue weighted by atomic mass is 16.9. The van der Waals surface area contributed by atoms with Crippen molar-refractivity contribution in [2.24, 2.45) is 11.8 Å². The molecule has 0 spiro atoms. The lowest BCUT2D eigenvalue weighted by molar-refractivity contribution is -0.236. The number of ether oxygens (including phenoxy) is 6. The van der Waals surface area contributed by atoms with Crippen molar-refractivity contribution < 1.29 is 28.4 Å². The van der Waals surface area contributed by atoms with Crippen LogP contribution in [0.15, 0.2) is 0 Å². The number of fused-ring (bicyclic) bond motifs is 3. The summed E-state index contributed by atoms with van der Waals surface area (Å²) in [5.74, 6) is -0.000888. The minimum Gasteiger partial charge on any atom is -0.375 e. The average Bonchev–Trinajstić information content (AvgIpc) is 3.09. The molecule has 0 amide bonds. The van der Waals surface area contributed by atoms with Crippen LogP contribution in [0.4, 0.5) is 0 Å². The van der Waals surface area contributed by atoms with Crippen molar-refractivity contribution in [2.75, 3.05) is 0 Å². The van der Waals surface area contributed by atoms with Crippen LogP contribution in [0.5, 0.6) is 0 Å². The van der Waals surface area contributed by atoms with E-state index >= 15 is 0 Å². The standard InChI is InChI=1S/C22H38O6/c1-8-15-13(3)12(2)11-14(23-15)9-10-16-17-18(26-21(4,5)25-17)19-20(24-16)28-22(6,7)27-19/h12-20H,8-11H2,1-7H3. The Morgan fingerprint density at radius 1 is 0.750 bits per heavy atom. The van der Waals surface area contributed by atoms with Gasteiger partial charge in [0.15, 0.2) is 17.9 Å². The van der Waals surface area contributed by atoms with Crippen molar-refractivity contribution in [3.8, 4) is 0 Å². The van der Waals surface area contributed by atoms with Gasteiger partial charge in [0.1, 0.15) is 18.3 Å². The van der Waals surface area contributed by atoms with Crippen molar-refractivity contribution in [2.45, 2.75) is 129 Å². The van der Waals surface area contributed by atoms with Gasteiger partial charge >= 0.3 is 0 Å². The van der Waals surface area contributed by atoms with Gasteiger partial charge in [0, 0.05) is 0 Å². The van der Waals surface area contributed by atoms with E-state index in [4.69, 9.17) is 28.4 Å².